The molecular weight excluding hydrogens is 189 g/mol. The number of hydrogen-bond acceptors (Lipinski definition) is 2. The fourth-order valence-corrected chi connectivity index (χ4v) is 0.537. The van der Waals surface area contributed by atoms with E-state index in [2.05, 4.69) is 5.32 Å². The average molecular weight is 200 g/mol. The standard InChI is InChI=1S/C6H11Cl2NO2/c1-6(2,3-10)9-5(11)4(7)8/h4,10H,3H2,1-2H3,(H,9,11). The molecule has 3 nitrogen and oxygen atoms in total. The number of carbonyl (C=O) groups excluding carboxylic acids is 1. The molecule has 0 aromatic rings. The number of nitrogens with one attached hydrogen (secondary N) is 1. The van der Waals surface area contributed by atoms with Gasteiger partial charge in [0.15, 0.2) is 4.84 Å². The summed E-state index contributed by atoms with van der Waals surface area (Å²) in [7, 11) is 0. The zero-order valence-corrected chi connectivity index (χ0v) is 7.91. The predicted molar refractivity (Wildman–Crippen MR) is 44.8 cm³/mol. The van der Waals surface area contributed by atoms with Gasteiger partial charge in [-0.3, -0.25) is 4.79 Å². The molecule has 66 valence electrons. The lowest BCUT2D eigenvalue weighted by Gasteiger charge is -2.23. The van der Waals surface area contributed by atoms with Gasteiger partial charge in [-0.05, 0) is 13.8 Å². The Morgan fingerprint density at radius 3 is 2.36 bits per heavy atom. The largest absolute Gasteiger partial charge is 0.394 e. The zero-order valence-electron chi connectivity index (χ0n) is 6.40. The maximum absolute atomic E-state index is 10.8. The summed E-state index contributed by atoms with van der Waals surface area (Å²) in [6, 6.07) is 0. The molecule has 0 spiro atoms. The van der Waals surface area contributed by atoms with Crippen molar-refractivity contribution in [3.63, 3.8) is 0 Å². The zero-order chi connectivity index (χ0) is 9.07. The van der Waals surface area contributed by atoms with Crippen LogP contribution in [0, 0.1) is 0 Å². The highest BCUT2D eigenvalue weighted by Gasteiger charge is 2.22. The SMILES string of the molecule is CC(C)(CO)NC(=O)C(Cl)Cl. The number of hydrogen-bond donors (Lipinski definition) is 2. The molecule has 0 aromatic heterocycles. The highest BCUT2D eigenvalue weighted by Crippen LogP contribution is 2.05. The van der Waals surface area contributed by atoms with Crippen LogP contribution in [0.1, 0.15) is 13.8 Å². The molecule has 0 rings (SSSR count). The van der Waals surface area contributed by atoms with Crippen LogP contribution in [0.5, 0.6) is 0 Å². The first kappa shape index (κ1) is 11.0. The third-order valence-corrected chi connectivity index (χ3v) is 1.45. The lowest BCUT2D eigenvalue weighted by Crippen LogP contribution is -2.48. The van der Waals surface area contributed by atoms with Crippen molar-refractivity contribution in [3.8, 4) is 0 Å². The van der Waals surface area contributed by atoms with Crippen molar-refractivity contribution in [2.45, 2.75) is 24.2 Å². The molecule has 0 heterocycles. The second-order valence-electron chi connectivity index (χ2n) is 2.83. The smallest absolute Gasteiger partial charge is 0.253 e. The Balaban J connectivity index is 3.94. The van der Waals surface area contributed by atoms with Crippen molar-refractivity contribution >= 4 is 29.1 Å². The molecule has 0 aliphatic carbocycles. The molecule has 0 saturated heterocycles. The summed E-state index contributed by atoms with van der Waals surface area (Å²) in [6.07, 6.45) is 0. The molecule has 0 unspecified atom stereocenters. The molecule has 0 aromatic carbocycles. The molecule has 0 atom stereocenters. The van der Waals surface area contributed by atoms with Gasteiger partial charge in [-0.15, -0.1) is 0 Å². The number of aliphatic hydroxyl groups excluding tert-OH is 1. The van der Waals surface area contributed by atoms with Gasteiger partial charge in [0.1, 0.15) is 0 Å². The fraction of sp³-hybridized carbons (Fsp3) is 0.833. The Labute approximate surface area is 75.7 Å². The van der Waals surface area contributed by atoms with Crippen LogP contribution >= 0.6 is 23.2 Å². The van der Waals surface area contributed by atoms with Gasteiger partial charge in [0.25, 0.3) is 5.91 Å². The van der Waals surface area contributed by atoms with Gasteiger partial charge in [-0.1, -0.05) is 23.2 Å². The van der Waals surface area contributed by atoms with Gasteiger partial charge in [0.05, 0.1) is 12.1 Å². The van der Waals surface area contributed by atoms with Gasteiger partial charge in [-0.25, -0.2) is 0 Å². The number of carbonyl (C=O) groups is 1. The van der Waals surface area contributed by atoms with E-state index in [0.29, 0.717) is 0 Å². The Hall–Kier alpha value is 0.01000. The Morgan fingerprint density at radius 1 is 1.64 bits per heavy atom. The van der Waals surface area contributed by atoms with Crippen LogP contribution in [-0.4, -0.2) is 28.0 Å². The Kier molecular flexibility index (Phi) is 4.14. The molecule has 11 heavy (non-hydrogen) atoms. The van der Waals surface area contributed by atoms with E-state index in [-0.39, 0.29) is 6.61 Å². The van der Waals surface area contributed by atoms with E-state index in [9.17, 15) is 4.79 Å². The van der Waals surface area contributed by atoms with E-state index in [4.69, 9.17) is 28.3 Å². The van der Waals surface area contributed by atoms with E-state index >= 15 is 0 Å². The quantitative estimate of drug-likeness (QED) is 0.658. The summed E-state index contributed by atoms with van der Waals surface area (Å²) >= 11 is 10.5. The minimum atomic E-state index is -1.08. The third kappa shape index (κ3) is 4.45. The highest BCUT2D eigenvalue weighted by molar-refractivity contribution is 6.53. The summed E-state index contributed by atoms with van der Waals surface area (Å²) in [6.45, 7) is 3.18. The van der Waals surface area contributed by atoms with Crippen molar-refractivity contribution in [2.75, 3.05) is 6.61 Å². The summed E-state index contributed by atoms with van der Waals surface area (Å²) in [5.74, 6) is -0.493. The lowest BCUT2D eigenvalue weighted by molar-refractivity contribution is -0.121. The summed E-state index contributed by atoms with van der Waals surface area (Å²) in [4.78, 5) is 9.75. The monoisotopic (exact) mass is 199 g/mol. The first-order valence-corrected chi connectivity index (χ1v) is 3.97. The highest BCUT2D eigenvalue weighted by atomic mass is 35.5. The summed E-state index contributed by atoms with van der Waals surface area (Å²) < 4.78 is 0. The minimum Gasteiger partial charge on any atom is -0.394 e. The van der Waals surface area contributed by atoms with Gasteiger partial charge >= 0.3 is 0 Å². The summed E-state index contributed by atoms with van der Waals surface area (Å²) in [5, 5.41) is 11.2. The number of aliphatic hydroxyl groups is 1. The number of halogens is 2. The molecule has 0 fully saturated rings. The van der Waals surface area contributed by atoms with Crippen LogP contribution in [0.15, 0.2) is 0 Å². The van der Waals surface area contributed by atoms with Crippen molar-refractivity contribution in [1.82, 2.24) is 5.32 Å². The first-order chi connectivity index (χ1) is 4.89. The molecule has 0 aliphatic heterocycles. The molecule has 5 heteroatoms. The van der Waals surface area contributed by atoms with Gasteiger partial charge in [0.2, 0.25) is 0 Å². The van der Waals surface area contributed by atoms with Crippen LogP contribution in [0.2, 0.25) is 0 Å². The van der Waals surface area contributed by atoms with Crippen LogP contribution in [-0.2, 0) is 4.79 Å². The minimum absolute atomic E-state index is 0.154. The summed E-state index contributed by atoms with van der Waals surface area (Å²) in [5.41, 5.74) is -0.668. The second kappa shape index (κ2) is 4.14. The predicted octanol–water partition coefficient (Wildman–Crippen LogP) is 0.677. The third-order valence-electron chi connectivity index (χ3n) is 1.06. The molecule has 1 amide bonds. The maximum atomic E-state index is 10.8. The van der Waals surface area contributed by atoms with E-state index in [1.807, 2.05) is 0 Å². The van der Waals surface area contributed by atoms with Gasteiger partial charge in [-0.2, -0.15) is 0 Å². The van der Waals surface area contributed by atoms with Crippen LogP contribution in [0.3, 0.4) is 0 Å². The van der Waals surface area contributed by atoms with Crippen LogP contribution in [0.4, 0.5) is 0 Å². The molecule has 0 aliphatic rings. The van der Waals surface area contributed by atoms with Crippen molar-refractivity contribution in [3.05, 3.63) is 0 Å². The van der Waals surface area contributed by atoms with Gasteiger partial charge < -0.3 is 10.4 Å². The van der Waals surface area contributed by atoms with Crippen molar-refractivity contribution in [2.24, 2.45) is 0 Å². The first-order valence-electron chi connectivity index (χ1n) is 3.10. The topological polar surface area (TPSA) is 49.3 Å². The second-order valence-corrected chi connectivity index (χ2v) is 3.93. The Morgan fingerprint density at radius 2 is 2.09 bits per heavy atom. The van der Waals surface area contributed by atoms with Gasteiger partial charge in [0, 0.05) is 0 Å². The normalized spacial score (nSPS) is 11.8. The van der Waals surface area contributed by atoms with E-state index in [1.54, 1.807) is 13.8 Å². The van der Waals surface area contributed by atoms with E-state index in [0.717, 1.165) is 0 Å². The number of alkyl halides is 2. The molecule has 0 radical (unpaired) electrons. The molecule has 0 bridgehead atoms. The average Bonchev–Trinajstić information content (AvgIpc) is 1.87. The van der Waals surface area contributed by atoms with Crippen LogP contribution in [0.25, 0.3) is 0 Å². The van der Waals surface area contributed by atoms with E-state index < -0.39 is 16.3 Å². The number of amides is 1. The molecule has 2 N–H and O–H groups in total. The maximum Gasteiger partial charge on any atom is 0.253 e. The molecule has 0 saturated carbocycles. The molecular formula is C6H11Cl2NO2. The van der Waals surface area contributed by atoms with Crippen LogP contribution < -0.4 is 5.32 Å². The van der Waals surface area contributed by atoms with Crippen molar-refractivity contribution in [1.29, 1.82) is 0 Å². The fourth-order valence-electron chi connectivity index (χ4n) is 0.428. The Bertz CT molecular complexity index is 148. The number of rotatable bonds is 3. The lowest BCUT2D eigenvalue weighted by atomic mass is 10.1. The van der Waals surface area contributed by atoms with Crippen molar-refractivity contribution < 1.29 is 9.90 Å². The van der Waals surface area contributed by atoms with E-state index in [1.165, 1.54) is 0 Å².